The minimum atomic E-state index is 0.956. The van der Waals surface area contributed by atoms with E-state index in [1.807, 2.05) is 11.8 Å². The second-order valence-corrected chi connectivity index (χ2v) is 2.43. The Morgan fingerprint density at radius 1 is 1.62 bits per heavy atom. The molecule has 0 amide bonds. The minimum Gasteiger partial charge on any atom is -0.305 e. The first-order valence-corrected chi connectivity index (χ1v) is 4.06. The van der Waals surface area contributed by atoms with Crippen LogP contribution in [0, 0.1) is 0 Å². The van der Waals surface area contributed by atoms with E-state index in [0.717, 1.165) is 6.54 Å². The van der Waals surface area contributed by atoms with Gasteiger partial charge < -0.3 is 4.84 Å². The molecule has 0 saturated heterocycles. The number of hydrogen-bond acceptors (Lipinski definition) is 3. The topological polar surface area (TPSA) is 21.3 Å². The van der Waals surface area contributed by atoms with Crippen molar-refractivity contribution in [3.8, 4) is 0 Å². The Balaban J connectivity index is 2.53. The van der Waals surface area contributed by atoms with E-state index in [9.17, 15) is 0 Å². The molecule has 0 radical (unpaired) electrons. The zero-order valence-electron chi connectivity index (χ0n) is 5.44. The largest absolute Gasteiger partial charge is 0.305 e. The van der Waals surface area contributed by atoms with Crippen LogP contribution in [0.3, 0.4) is 0 Å². The van der Waals surface area contributed by atoms with Crippen LogP contribution < -0.4 is 5.48 Å². The molecule has 50 valence electrons. The van der Waals surface area contributed by atoms with Crippen LogP contribution in [0.25, 0.3) is 0 Å². The quantitative estimate of drug-likeness (QED) is 0.447. The molecule has 0 atom stereocenters. The molecule has 0 aliphatic rings. The maximum Gasteiger partial charge on any atom is 0.0572 e. The highest BCUT2D eigenvalue weighted by molar-refractivity contribution is 7.98. The maximum absolute atomic E-state index is 4.63. The van der Waals surface area contributed by atoms with Gasteiger partial charge in [-0.25, -0.2) is 5.48 Å². The third-order valence-electron chi connectivity index (χ3n) is 0.772. The van der Waals surface area contributed by atoms with E-state index >= 15 is 0 Å². The molecule has 0 heterocycles. The van der Waals surface area contributed by atoms with Crippen LogP contribution in [0.5, 0.6) is 0 Å². The standard InChI is InChI=1S/C5H13NOS/c1-7-6-4-3-5-8-2/h6H,3-5H2,1-2H3. The number of thioether (sulfide) groups is 1. The summed E-state index contributed by atoms with van der Waals surface area (Å²) >= 11 is 1.86. The molecule has 3 heteroatoms. The van der Waals surface area contributed by atoms with E-state index < -0.39 is 0 Å². The van der Waals surface area contributed by atoms with Gasteiger partial charge in [0.1, 0.15) is 0 Å². The lowest BCUT2D eigenvalue weighted by Crippen LogP contribution is -2.13. The van der Waals surface area contributed by atoms with E-state index in [4.69, 9.17) is 0 Å². The summed E-state index contributed by atoms with van der Waals surface area (Å²) in [4.78, 5) is 4.63. The summed E-state index contributed by atoms with van der Waals surface area (Å²) in [5.74, 6) is 1.20. The molecule has 0 aliphatic heterocycles. The van der Waals surface area contributed by atoms with Gasteiger partial charge in [-0.3, -0.25) is 0 Å². The van der Waals surface area contributed by atoms with Crippen molar-refractivity contribution >= 4 is 11.8 Å². The van der Waals surface area contributed by atoms with E-state index in [0.29, 0.717) is 0 Å². The summed E-state index contributed by atoms with van der Waals surface area (Å²) in [5.41, 5.74) is 2.77. The fourth-order valence-corrected chi connectivity index (χ4v) is 0.824. The fourth-order valence-electron chi connectivity index (χ4n) is 0.391. The van der Waals surface area contributed by atoms with Crippen molar-refractivity contribution in [2.75, 3.05) is 25.7 Å². The van der Waals surface area contributed by atoms with E-state index in [2.05, 4.69) is 16.6 Å². The Labute approximate surface area is 54.9 Å². The Hall–Kier alpha value is 0.270. The molecule has 0 aromatic rings. The Bertz CT molecular complexity index is 37.4. The van der Waals surface area contributed by atoms with Crippen molar-refractivity contribution in [3.05, 3.63) is 0 Å². The van der Waals surface area contributed by atoms with Gasteiger partial charge in [0.2, 0.25) is 0 Å². The highest BCUT2D eigenvalue weighted by Gasteiger charge is 1.82. The number of rotatable bonds is 5. The van der Waals surface area contributed by atoms with Crippen molar-refractivity contribution in [2.24, 2.45) is 0 Å². The lowest BCUT2D eigenvalue weighted by atomic mass is 10.5. The molecule has 0 spiro atoms. The zero-order chi connectivity index (χ0) is 6.24. The second kappa shape index (κ2) is 7.27. The molecule has 0 bridgehead atoms. The second-order valence-electron chi connectivity index (χ2n) is 1.44. The first kappa shape index (κ1) is 8.27. The normalized spacial score (nSPS) is 9.75. The van der Waals surface area contributed by atoms with Crippen LogP contribution in [0.15, 0.2) is 0 Å². The van der Waals surface area contributed by atoms with Gasteiger partial charge in [0.25, 0.3) is 0 Å². The summed E-state index contributed by atoms with van der Waals surface area (Å²) in [7, 11) is 1.64. The summed E-state index contributed by atoms with van der Waals surface area (Å²) in [6.45, 7) is 0.956. The van der Waals surface area contributed by atoms with E-state index in [-0.39, 0.29) is 0 Å². The number of hydroxylamine groups is 1. The van der Waals surface area contributed by atoms with Crippen LogP contribution in [-0.2, 0) is 4.84 Å². The predicted molar refractivity (Wildman–Crippen MR) is 38.0 cm³/mol. The molecule has 0 saturated carbocycles. The zero-order valence-corrected chi connectivity index (χ0v) is 6.25. The van der Waals surface area contributed by atoms with Crippen molar-refractivity contribution in [1.29, 1.82) is 0 Å². The Kier molecular flexibility index (Phi) is 7.52. The van der Waals surface area contributed by atoms with Gasteiger partial charge >= 0.3 is 0 Å². The summed E-state index contributed by atoms with van der Waals surface area (Å²) in [6.07, 6.45) is 3.28. The monoisotopic (exact) mass is 135 g/mol. The molecular formula is C5H13NOS. The van der Waals surface area contributed by atoms with Gasteiger partial charge in [-0.2, -0.15) is 11.8 Å². The molecule has 0 unspecified atom stereocenters. The molecule has 2 nitrogen and oxygen atoms in total. The fraction of sp³-hybridized carbons (Fsp3) is 1.00. The van der Waals surface area contributed by atoms with Crippen LogP contribution in [0.2, 0.25) is 0 Å². The number of nitrogens with one attached hydrogen (secondary N) is 1. The molecule has 0 fully saturated rings. The van der Waals surface area contributed by atoms with Crippen LogP contribution in [0.1, 0.15) is 6.42 Å². The molecule has 1 N–H and O–H groups in total. The van der Waals surface area contributed by atoms with Gasteiger partial charge in [-0.05, 0) is 18.4 Å². The molecular weight excluding hydrogens is 122 g/mol. The molecule has 0 aliphatic carbocycles. The summed E-state index contributed by atoms with van der Waals surface area (Å²) in [5, 5.41) is 0. The van der Waals surface area contributed by atoms with Gasteiger partial charge in [-0.15, -0.1) is 0 Å². The molecule has 8 heavy (non-hydrogen) atoms. The SMILES string of the molecule is CONCCCSC. The first-order chi connectivity index (χ1) is 3.91. The minimum absolute atomic E-state index is 0.956. The summed E-state index contributed by atoms with van der Waals surface area (Å²) in [6, 6.07) is 0. The van der Waals surface area contributed by atoms with Gasteiger partial charge in [0.05, 0.1) is 7.11 Å². The van der Waals surface area contributed by atoms with Gasteiger partial charge in [0.15, 0.2) is 0 Å². The van der Waals surface area contributed by atoms with Crippen molar-refractivity contribution in [2.45, 2.75) is 6.42 Å². The van der Waals surface area contributed by atoms with E-state index in [1.54, 1.807) is 7.11 Å². The average Bonchev–Trinajstić information content (AvgIpc) is 1.81. The lowest BCUT2D eigenvalue weighted by molar-refractivity contribution is 0.0922. The number of hydrogen-bond donors (Lipinski definition) is 1. The van der Waals surface area contributed by atoms with Crippen LogP contribution in [-0.4, -0.2) is 25.7 Å². The highest BCUT2D eigenvalue weighted by atomic mass is 32.2. The van der Waals surface area contributed by atoms with Gasteiger partial charge in [-0.1, -0.05) is 0 Å². The van der Waals surface area contributed by atoms with Crippen molar-refractivity contribution in [3.63, 3.8) is 0 Å². The Morgan fingerprint density at radius 3 is 2.88 bits per heavy atom. The third kappa shape index (κ3) is 6.27. The highest BCUT2D eigenvalue weighted by Crippen LogP contribution is 1.92. The van der Waals surface area contributed by atoms with Gasteiger partial charge in [0, 0.05) is 6.54 Å². The maximum atomic E-state index is 4.63. The molecule has 0 rings (SSSR count). The van der Waals surface area contributed by atoms with Crippen LogP contribution in [0.4, 0.5) is 0 Å². The van der Waals surface area contributed by atoms with Crippen molar-refractivity contribution in [1.82, 2.24) is 5.48 Å². The average molecular weight is 135 g/mol. The summed E-state index contributed by atoms with van der Waals surface area (Å²) < 4.78 is 0. The first-order valence-electron chi connectivity index (χ1n) is 2.66. The molecule has 0 aromatic carbocycles. The predicted octanol–water partition coefficient (Wildman–Crippen LogP) is 0.890. The van der Waals surface area contributed by atoms with Crippen LogP contribution >= 0.6 is 11.8 Å². The Morgan fingerprint density at radius 2 is 2.38 bits per heavy atom. The lowest BCUT2D eigenvalue weighted by Gasteiger charge is -1.97. The molecule has 0 aromatic heterocycles. The van der Waals surface area contributed by atoms with E-state index in [1.165, 1.54) is 12.2 Å². The van der Waals surface area contributed by atoms with Crippen molar-refractivity contribution < 1.29 is 4.84 Å². The third-order valence-corrected chi connectivity index (χ3v) is 1.47. The smallest absolute Gasteiger partial charge is 0.0572 e.